The Balaban J connectivity index is 1.71. The highest BCUT2D eigenvalue weighted by Crippen LogP contribution is 2.30. The van der Waals surface area contributed by atoms with Gasteiger partial charge in [-0.05, 0) is 43.7 Å². The fraction of sp³-hybridized carbons (Fsp3) is 0.316. The van der Waals surface area contributed by atoms with Crippen LogP contribution in [0.15, 0.2) is 42.5 Å². The molecule has 1 fully saturated rings. The van der Waals surface area contributed by atoms with Gasteiger partial charge < -0.3 is 10.1 Å². The van der Waals surface area contributed by atoms with Crippen LogP contribution in [0.3, 0.4) is 0 Å². The minimum Gasteiger partial charge on any atom is -0.476 e. The van der Waals surface area contributed by atoms with Crippen LogP contribution in [0.1, 0.15) is 12.8 Å². The van der Waals surface area contributed by atoms with Crippen LogP contribution in [0.4, 0.5) is 8.78 Å². The summed E-state index contributed by atoms with van der Waals surface area (Å²) in [5.41, 5.74) is 0.427. The molecule has 0 aliphatic carbocycles. The first-order valence-corrected chi connectivity index (χ1v) is 8.49. The summed E-state index contributed by atoms with van der Waals surface area (Å²) in [5, 5.41) is 8.45. The van der Waals surface area contributed by atoms with Gasteiger partial charge in [0.2, 0.25) is 5.88 Å². The summed E-state index contributed by atoms with van der Waals surface area (Å²) in [5.74, 6) is -0.487. The summed E-state index contributed by atoms with van der Waals surface area (Å²) in [6, 6.07) is 11.1. The molecule has 6 heteroatoms. The van der Waals surface area contributed by atoms with Crippen molar-refractivity contribution < 1.29 is 13.5 Å². The molecule has 4 rings (SSSR count). The van der Waals surface area contributed by atoms with Crippen LogP contribution in [0.2, 0.25) is 0 Å². The zero-order valence-corrected chi connectivity index (χ0v) is 13.7. The van der Waals surface area contributed by atoms with Gasteiger partial charge in [0.05, 0.1) is 17.5 Å². The fourth-order valence-corrected chi connectivity index (χ4v) is 3.27. The summed E-state index contributed by atoms with van der Waals surface area (Å²) in [7, 11) is 0. The van der Waals surface area contributed by atoms with E-state index in [0.717, 1.165) is 31.3 Å². The number of benzene rings is 2. The molecule has 0 bridgehead atoms. The Morgan fingerprint density at radius 2 is 1.92 bits per heavy atom. The molecule has 3 aromatic rings. The van der Waals surface area contributed by atoms with Crippen LogP contribution in [-0.4, -0.2) is 29.5 Å². The van der Waals surface area contributed by atoms with Crippen molar-refractivity contribution in [1.29, 1.82) is 0 Å². The van der Waals surface area contributed by atoms with Gasteiger partial charge in [0, 0.05) is 12.5 Å². The number of fused-ring (bicyclic) bond motifs is 1. The van der Waals surface area contributed by atoms with Crippen molar-refractivity contribution in [3.63, 3.8) is 0 Å². The van der Waals surface area contributed by atoms with E-state index in [-0.39, 0.29) is 5.69 Å². The number of rotatable bonds is 4. The van der Waals surface area contributed by atoms with Gasteiger partial charge in [-0.15, -0.1) is 5.10 Å². The maximum atomic E-state index is 14.2. The van der Waals surface area contributed by atoms with E-state index in [9.17, 15) is 8.78 Å². The predicted molar refractivity (Wildman–Crippen MR) is 92.1 cm³/mol. The third kappa shape index (κ3) is 3.09. The number of hydrogen-bond acceptors (Lipinski definition) is 3. The lowest BCUT2D eigenvalue weighted by Crippen LogP contribution is -2.33. The van der Waals surface area contributed by atoms with Crippen LogP contribution < -0.4 is 10.1 Å². The van der Waals surface area contributed by atoms with Crippen LogP contribution in [-0.2, 0) is 0 Å². The predicted octanol–water partition coefficient (Wildman–Crippen LogP) is 3.68. The van der Waals surface area contributed by atoms with Gasteiger partial charge in [-0.25, -0.2) is 13.5 Å². The molecule has 2 aromatic carbocycles. The van der Waals surface area contributed by atoms with E-state index in [0.29, 0.717) is 23.9 Å². The van der Waals surface area contributed by atoms with Crippen molar-refractivity contribution in [3.05, 3.63) is 54.1 Å². The van der Waals surface area contributed by atoms with E-state index < -0.39 is 11.6 Å². The summed E-state index contributed by atoms with van der Waals surface area (Å²) >= 11 is 0. The van der Waals surface area contributed by atoms with Gasteiger partial charge >= 0.3 is 0 Å². The molecule has 1 aliphatic rings. The normalized spacial score (nSPS) is 17.8. The molecule has 0 radical (unpaired) electrons. The van der Waals surface area contributed by atoms with Gasteiger partial charge in [-0.1, -0.05) is 18.2 Å². The molecule has 0 saturated carbocycles. The number of para-hydroxylation sites is 2. The number of nitrogens with zero attached hydrogens (tertiary/aromatic N) is 2. The second-order valence-electron chi connectivity index (χ2n) is 6.33. The van der Waals surface area contributed by atoms with Crippen LogP contribution in [0.5, 0.6) is 5.88 Å². The van der Waals surface area contributed by atoms with Gasteiger partial charge in [0.15, 0.2) is 11.6 Å². The molecule has 25 heavy (non-hydrogen) atoms. The third-order valence-corrected chi connectivity index (χ3v) is 4.56. The number of halogens is 2. The Kier molecular flexibility index (Phi) is 4.36. The molecule has 130 valence electrons. The second kappa shape index (κ2) is 6.80. The molecule has 1 aliphatic heterocycles. The van der Waals surface area contributed by atoms with Crippen molar-refractivity contribution in [2.45, 2.75) is 12.8 Å². The Labute approximate surface area is 144 Å². The van der Waals surface area contributed by atoms with Crippen molar-refractivity contribution >= 4 is 10.9 Å². The highest BCUT2D eigenvalue weighted by molar-refractivity contribution is 5.86. The zero-order valence-electron chi connectivity index (χ0n) is 13.7. The van der Waals surface area contributed by atoms with Gasteiger partial charge in [-0.2, -0.15) is 0 Å². The van der Waals surface area contributed by atoms with E-state index in [1.54, 1.807) is 6.07 Å². The molecule has 1 atom stereocenters. The van der Waals surface area contributed by atoms with Crippen molar-refractivity contribution in [2.75, 3.05) is 19.7 Å². The maximum absolute atomic E-state index is 14.2. The minimum atomic E-state index is -0.656. The zero-order chi connectivity index (χ0) is 17.2. The van der Waals surface area contributed by atoms with Crippen molar-refractivity contribution in [2.24, 2.45) is 5.92 Å². The number of hydrogen-bond donors (Lipinski definition) is 1. The van der Waals surface area contributed by atoms with Crippen LogP contribution in [0, 0.1) is 17.6 Å². The molecule has 0 spiro atoms. The molecular formula is C19H19F2N3O. The Hall–Kier alpha value is -2.47. The first-order valence-electron chi connectivity index (χ1n) is 8.49. The van der Waals surface area contributed by atoms with Crippen LogP contribution in [0.25, 0.3) is 16.6 Å². The fourth-order valence-electron chi connectivity index (χ4n) is 3.27. The molecule has 1 aromatic heterocycles. The van der Waals surface area contributed by atoms with Crippen molar-refractivity contribution in [1.82, 2.24) is 15.1 Å². The Morgan fingerprint density at radius 1 is 1.12 bits per heavy atom. The van der Waals surface area contributed by atoms with Gasteiger partial charge in [-0.3, -0.25) is 0 Å². The average molecular weight is 343 g/mol. The first kappa shape index (κ1) is 16.0. The first-order chi connectivity index (χ1) is 12.2. The van der Waals surface area contributed by atoms with Gasteiger partial charge in [0.1, 0.15) is 5.69 Å². The summed E-state index contributed by atoms with van der Waals surface area (Å²) in [6.45, 7) is 2.50. The molecule has 4 nitrogen and oxygen atoms in total. The summed E-state index contributed by atoms with van der Waals surface area (Å²) in [4.78, 5) is 0. The molecule has 1 saturated heterocycles. The minimum absolute atomic E-state index is 0.187. The van der Waals surface area contributed by atoms with Crippen molar-refractivity contribution in [3.8, 4) is 11.6 Å². The lowest BCUT2D eigenvalue weighted by molar-refractivity contribution is 0.213. The summed E-state index contributed by atoms with van der Waals surface area (Å²) in [6.07, 6.45) is 2.23. The molecule has 2 heterocycles. The lowest BCUT2D eigenvalue weighted by Gasteiger charge is -2.22. The topological polar surface area (TPSA) is 39.1 Å². The smallest absolute Gasteiger partial charge is 0.241 e. The average Bonchev–Trinajstić information content (AvgIpc) is 3.00. The third-order valence-electron chi connectivity index (χ3n) is 4.56. The monoisotopic (exact) mass is 343 g/mol. The van der Waals surface area contributed by atoms with E-state index >= 15 is 0 Å². The SMILES string of the molecule is Fc1cccc(F)c1-n1nc(OCC2CCCNC2)c2ccccc21. The molecular weight excluding hydrogens is 324 g/mol. The molecule has 0 amide bonds. The largest absolute Gasteiger partial charge is 0.476 e. The van der Waals surface area contributed by atoms with E-state index in [2.05, 4.69) is 10.4 Å². The molecule has 1 unspecified atom stereocenters. The highest BCUT2D eigenvalue weighted by atomic mass is 19.1. The number of ether oxygens (including phenoxy) is 1. The summed E-state index contributed by atoms with van der Waals surface area (Å²) < 4.78 is 35.6. The van der Waals surface area contributed by atoms with Gasteiger partial charge in [0.25, 0.3) is 0 Å². The maximum Gasteiger partial charge on any atom is 0.241 e. The number of aromatic nitrogens is 2. The number of piperidine rings is 1. The second-order valence-corrected chi connectivity index (χ2v) is 6.33. The van der Waals surface area contributed by atoms with E-state index in [1.165, 1.54) is 22.9 Å². The highest BCUT2D eigenvalue weighted by Gasteiger charge is 2.20. The standard InChI is InChI=1S/C19H19F2N3O/c20-15-7-3-8-16(21)18(15)24-17-9-2-1-6-14(17)19(23-24)25-12-13-5-4-10-22-11-13/h1-3,6-9,13,22H,4-5,10-12H2. The number of nitrogens with one attached hydrogen (secondary N) is 1. The van der Waals surface area contributed by atoms with E-state index in [1.807, 2.05) is 18.2 Å². The Bertz CT molecular complexity index is 867. The Morgan fingerprint density at radius 3 is 2.68 bits per heavy atom. The lowest BCUT2D eigenvalue weighted by atomic mass is 10.0. The quantitative estimate of drug-likeness (QED) is 0.785. The molecule has 1 N–H and O–H groups in total. The van der Waals surface area contributed by atoms with Crippen LogP contribution >= 0.6 is 0 Å². The van der Waals surface area contributed by atoms with E-state index in [4.69, 9.17) is 4.74 Å².